The molecule has 7 heteroatoms. The number of aryl methyl sites for hydroxylation is 1. The Kier molecular flexibility index (Phi) is 6.17. The number of halogens is 1. The summed E-state index contributed by atoms with van der Waals surface area (Å²) in [6.07, 6.45) is 1.19. The predicted molar refractivity (Wildman–Crippen MR) is 130 cm³/mol. The first-order valence-corrected chi connectivity index (χ1v) is 12.8. The molecule has 4 aromatic rings. The van der Waals surface area contributed by atoms with Crippen molar-refractivity contribution in [2.24, 2.45) is 0 Å². The summed E-state index contributed by atoms with van der Waals surface area (Å²) in [4.78, 5) is 12.9. The molecule has 1 N–H and O–H groups in total. The van der Waals surface area contributed by atoms with E-state index in [2.05, 4.69) is 23.8 Å². The second kappa shape index (κ2) is 8.90. The summed E-state index contributed by atoms with van der Waals surface area (Å²) in [6.45, 7) is 6.06. The SMILES string of the molecule is Cc1cccc(-c2[nH]c(C(C)C)nc2-c2ccc(F)c(-c3ccc(CS(C)(=O)=O)cc3)c2)n1. The van der Waals surface area contributed by atoms with Crippen molar-refractivity contribution in [2.45, 2.75) is 32.4 Å². The van der Waals surface area contributed by atoms with E-state index in [0.29, 0.717) is 22.4 Å². The van der Waals surface area contributed by atoms with Crippen LogP contribution < -0.4 is 0 Å². The zero-order valence-electron chi connectivity index (χ0n) is 19.1. The monoisotopic (exact) mass is 463 g/mol. The largest absolute Gasteiger partial charge is 0.340 e. The molecule has 0 aliphatic heterocycles. The molecule has 0 saturated heterocycles. The average Bonchev–Trinajstić information content (AvgIpc) is 3.20. The van der Waals surface area contributed by atoms with Crippen LogP contribution >= 0.6 is 0 Å². The van der Waals surface area contributed by atoms with Gasteiger partial charge in [-0.1, -0.05) is 44.2 Å². The van der Waals surface area contributed by atoms with E-state index in [1.165, 1.54) is 12.3 Å². The number of aromatic amines is 1. The molecule has 0 spiro atoms. The second-order valence-electron chi connectivity index (χ2n) is 8.63. The summed E-state index contributed by atoms with van der Waals surface area (Å²) in [5.41, 5.74) is 5.72. The highest BCUT2D eigenvalue weighted by atomic mass is 32.2. The van der Waals surface area contributed by atoms with Gasteiger partial charge in [0.2, 0.25) is 0 Å². The first-order chi connectivity index (χ1) is 15.6. The minimum atomic E-state index is -3.14. The quantitative estimate of drug-likeness (QED) is 0.385. The van der Waals surface area contributed by atoms with Gasteiger partial charge >= 0.3 is 0 Å². The molecule has 0 atom stereocenters. The molecule has 0 amide bonds. The van der Waals surface area contributed by atoms with Crippen molar-refractivity contribution in [1.82, 2.24) is 15.0 Å². The highest BCUT2D eigenvalue weighted by Gasteiger charge is 2.18. The van der Waals surface area contributed by atoms with Crippen molar-refractivity contribution in [3.05, 3.63) is 83.6 Å². The van der Waals surface area contributed by atoms with Crippen LogP contribution in [-0.2, 0) is 15.6 Å². The van der Waals surface area contributed by atoms with E-state index in [1.54, 1.807) is 36.4 Å². The van der Waals surface area contributed by atoms with Crippen LogP contribution in [0.15, 0.2) is 60.7 Å². The van der Waals surface area contributed by atoms with Crippen LogP contribution in [0.1, 0.15) is 36.8 Å². The van der Waals surface area contributed by atoms with E-state index in [1.807, 2.05) is 25.1 Å². The Morgan fingerprint density at radius 2 is 1.67 bits per heavy atom. The minimum Gasteiger partial charge on any atom is -0.340 e. The van der Waals surface area contributed by atoms with Gasteiger partial charge in [-0.3, -0.25) is 4.98 Å². The van der Waals surface area contributed by atoms with Crippen molar-refractivity contribution >= 4 is 9.84 Å². The molecule has 0 aliphatic rings. The zero-order chi connectivity index (χ0) is 23.8. The Hall–Kier alpha value is -3.32. The summed E-state index contributed by atoms with van der Waals surface area (Å²) in [5, 5.41) is 0. The molecule has 2 aromatic carbocycles. The summed E-state index contributed by atoms with van der Waals surface area (Å²) < 4.78 is 37.9. The normalized spacial score (nSPS) is 11.8. The number of benzene rings is 2. The number of sulfone groups is 1. The van der Waals surface area contributed by atoms with Crippen molar-refractivity contribution in [3.8, 4) is 33.8 Å². The lowest BCUT2D eigenvalue weighted by molar-refractivity contribution is 0.601. The fourth-order valence-electron chi connectivity index (χ4n) is 3.72. The predicted octanol–water partition coefficient (Wildman–Crippen LogP) is 5.92. The van der Waals surface area contributed by atoms with E-state index >= 15 is 0 Å². The summed E-state index contributed by atoms with van der Waals surface area (Å²) in [6, 6.07) is 17.7. The lowest BCUT2D eigenvalue weighted by Crippen LogP contribution is -2.00. The molecule has 170 valence electrons. The second-order valence-corrected chi connectivity index (χ2v) is 10.8. The maximum absolute atomic E-state index is 14.8. The van der Waals surface area contributed by atoms with Crippen LogP contribution in [0.5, 0.6) is 0 Å². The average molecular weight is 464 g/mol. The molecule has 0 saturated carbocycles. The van der Waals surface area contributed by atoms with Crippen molar-refractivity contribution in [3.63, 3.8) is 0 Å². The van der Waals surface area contributed by atoms with Gasteiger partial charge in [0.1, 0.15) is 11.6 Å². The number of rotatable bonds is 6. The van der Waals surface area contributed by atoms with Crippen LogP contribution in [0.2, 0.25) is 0 Å². The van der Waals surface area contributed by atoms with Gasteiger partial charge < -0.3 is 4.98 Å². The van der Waals surface area contributed by atoms with Crippen LogP contribution in [0, 0.1) is 12.7 Å². The third-order valence-corrected chi connectivity index (χ3v) is 6.20. The van der Waals surface area contributed by atoms with Crippen LogP contribution in [0.25, 0.3) is 33.8 Å². The highest BCUT2D eigenvalue weighted by molar-refractivity contribution is 7.89. The van der Waals surface area contributed by atoms with Gasteiger partial charge in [-0.05, 0) is 48.4 Å². The number of nitrogens with zero attached hydrogens (tertiary/aromatic N) is 2. The minimum absolute atomic E-state index is 0.0477. The van der Waals surface area contributed by atoms with Gasteiger partial charge in [-0.15, -0.1) is 0 Å². The first kappa shape index (κ1) is 22.9. The molecule has 0 unspecified atom stereocenters. The lowest BCUT2D eigenvalue weighted by atomic mass is 9.99. The van der Waals surface area contributed by atoms with E-state index in [-0.39, 0.29) is 17.5 Å². The Morgan fingerprint density at radius 3 is 2.30 bits per heavy atom. The van der Waals surface area contributed by atoms with Crippen LogP contribution in [-0.4, -0.2) is 29.6 Å². The maximum Gasteiger partial charge on any atom is 0.151 e. The first-order valence-electron chi connectivity index (χ1n) is 10.7. The Morgan fingerprint density at radius 1 is 0.970 bits per heavy atom. The maximum atomic E-state index is 14.8. The molecule has 4 rings (SSSR count). The molecule has 0 bridgehead atoms. The molecule has 0 fully saturated rings. The summed E-state index contributed by atoms with van der Waals surface area (Å²) >= 11 is 0. The summed E-state index contributed by atoms with van der Waals surface area (Å²) in [5.74, 6) is 0.613. The van der Waals surface area contributed by atoms with Crippen molar-refractivity contribution in [1.29, 1.82) is 0 Å². The summed E-state index contributed by atoms with van der Waals surface area (Å²) in [7, 11) is -3.14. The molecular weight excluding hydrogens is 437 g/mol. The van der Waals surface area contributed by atoms with Gasteiger partial charge in [0, 0.05) is 29.0 Å². The molecule has 33 heavy (non-hydrogen) atoms. The van der Waals surface area contributed by atoms with E-state index in [9.17, 15) is 12.8 Å². The fraction of sp³-hybridized carbons (Fsp3) is 0.231. The van der Waals surface area contributed by atoms with Gasteiger partial charge in [0.05, 0.1) is 22.8 Å². The van der Waals surface area contributed by atoms with E-state index in [0.717, 1.165) is 28.5 Å². The Balaban J connectivity index is 1.80. The fourth-order valence-corrected chi connectivity index (χ4v) is 4.52. The van der Waals surface area contributed by atoms with Gasteiger partial charge in [0.15, 0.2) is 9.84 Å². The molecule has 0 radical (unpaired) electrons. The molecule has 2 heterocycles. The number of nitrogens with one attached hydrogen (secondary N) is 1. The lowest BCUT2D eigenvalue weighted by Gasteiger charge is -2.09. The third-order valence-electron chi connectivity index (χ3n) is 5.35. The highest BCUT2D eigenvalue weighted by Crippen LogP contribution is 2.34. The number of imidazole rings is 1. The number of hydrogen-bond donors (Lipinski definition) is 1. The number of pyridine rings is 1. The molecular formula is C26H26FN3O2S. The van der Waals surface area contributed by atoms with E-state index < -0.39 is 9.84 Å². The zero-order valence-corrected chi connectivity index (χ0v) is 19.9. The molecule has 2 aromatic heterocycles. The standard InChI is InChI=1S/C26H26FN3O2S/c1-16(2)26-29-24(25(30-26)23-7-5-6-17(3)28-23)20-12-13-22(27)21(14-20)19-10-8-18(9-11-19)15-33(4,31)32/h5-14,16H,15H2,1-4H3,(H,29,30). The molecule has 5 nitrogen and oxygen atoms in total. The van der Waals surface area contributed by atoms with Crippen molar-refractivity contribution < 1.29 is 12.8 Å². The van der Waals surface area contributed by atoms with Crippen molar-refractivity contribution in [2.75, 3.05) is 6.26 Å². The van der Waals surface area contributed by atoms with Gasteiger partial charge in [-0.2, -0.15) is 0 Å². The number of hydrogen-bond acceptors (Lipinski definition) is 4. The van der Waals surface area contributed by atoms with Gasteiger partial charge in [0.25, 0.3) is 0 Å². The topological polar surface area (TPSA) is 75.7 Å². The Labute approximate surface area is 193 Å². The third kappa shape index (κ3) is 5.20. The van der Waals surface area contributed by atoms with Gasteiger partial charge in [-0.25, -0.2) is 17.8 Å². The number of aromatic nitrogens is 3. The van der Waals surface area contributed by atoms with E-state index in [4.69, 9.17) is 4.98 Å². The van der Waals surface area contributed by atoms with Crippen LogP contribution in [0.3, 0.4) is 0 Å². The van der Waals surface area contributed by atoms with Crippen LogP contribution in [0.4, 0.5) is 4.39 Å². The molecule has 0 aliphatic carbocycles. The number of H-pyrrole nitrogens is 1. The smallest absolute Gasteiger partial charge is 0.151 e. The Bertz CT molecular complexity index is 1410.